The highest BCUT2D eigenvalue weighted by Gasteiger charge is 2.01. The van der Waals surface area contributed by atoms with Gasteiger partial charge in [-0.1, -0.05) is 12.1 Å². The molecule has 0 spiro atoms. The molecule has 0 N–H and O–H groups in total. The lowest BCUT2D eigenvalue weighted by atomic mass is 10.2. The van der Waals surface area contributed by atoms with Crippen LogP contribution in [0.2, 0.25) is 0 Å². The summed E-state index contributed by atoms with van der Waals surface area (Å²) in [5.41, 5.74) is 1.01. The molecular weight excluding hydrogens is 212 g/mol. The molecule has 0 aliphatic rings. The number of hydrogen-bond donors (Lipinski definition) is 0. The number of hydrogen-bond acceptors (Lipinski definition) is 2. The van der Waals surface area contributed by atoms with E-state index in [0.717, 1.165) is 17.1 Å². The van der Waals surface area contributed by atoms with Crippen LogP contribution in [0.3, 0.4) is 0 Å². The molecule has 3 heteroatoms. The summed E-state index contributed by atoms with van der Waals surface area (Å²) in [4.78, 5) is 0. The minimum atomic E-state index is 0.491. The summed E-state index contributed by atoms with van der Waals surface area (Å²) in [5.74, 6) is 2.14. The third-order valence-electron chi connectivity index (χ3n) is 1.99. The van der Waals surface area contributed by atoms with Crippen LogP contribution in [0.4, 0.5) is 0 Å². The van der Waals surface area contributed by atoms with Gasteiger partial charge in [-0.15, -0.1) is 11.6 Å². The monoisotopic (exact) mass is 222 g/mol. The molecule has 78 valence electrons. The second kappa shape index (κ2) is 4.89. The fourth-order valence-corrected chi connectivity index (χ4v) is 1.42. The SMILES string of the molecule is ClCCOc1cccc(-c2ccco2)c1. The zero-order chi connectivity index (χ0) is 10.5. The largest absolute Gasteiger partial charge is 0.492 e. The van der Waals surface area contributed by atoms with Gasteiger partial charge in [0, 0.05) is 5.56 Å². The maximum Gasteiger partial charge on any atom is 0.133 e. The van der Waals surface area contributed by atoms with Crippen molar-refractivity contribution in [1.29, 1.82) is 0 Å². The van der Waals surface area contributed by atoms with Gasteiger partial charge < -0.3 is 9.15 Å². The maximum atomic E-state index is 5.55. The standard InChI is InChI=1S/C12H11ClO2/c13-6-8-14-11-4-1-3-10(9-11)12-5-2-7-15-12/h1-5,7,9H,6,8H2. The van der Waals surface area contributed by atoms with E-state index in [0.29, 0.717) is 12.5 Å². The topological polar surface area (TPSA) is 22.4 Å². The van der Waals surface area contributed by atoms with E-state index >= 15 is 0 Å². The Morgan fingerprint density at radius 1 is 1.20 bits per heavy atom. The van der Waals surface area contributed by atoms with E-state index in [2.05, 4.69) is 0 Å². The average molecular weight is 223 g/mol. The number of furan rings is 1. The summed E-state index contributed by atoms with van der Waals surface area (Å²) in [7, 11) is 0. The lowest BCUT2D eigenvalue weighted by Gasteiger charge is -2.04. The Hall–Kier alpha value is -1.41. The fourth-order valence-electron chi connectivity index (χ4n) is 1.34. The van der Waals surface area contributed by atoms with Crippen LogP contribution in [0.5, 0.6) is 5.75 Å². The van der Waals surface area contributed by atoms with Crippen molar-refractivity contribution in [3.8, 4) is 17.1 Å². The van der Waals surface area contributed by atoms with Gasteiger partial charge in [0.1, 0.15) is 18.1 Å². The molecule has 15 heavy (non-hydrogen) atoms. The van der Waals surface area contributed by atoms with Gasteiger partial charge in [0.2, 0.25) is 0 Å². The van der Waals surface area contributed by atoms with Crippen molar-refractivity contribution in [3.05, 3.63) is 42.7 Å². The Morgan fingerprint density at radius 3 is 2.87 bits per heavy atom. The van der Waals surface area contributed by atoms with Crippen molar-refractivity contribution in [2.45, 2.75) is 0 Å². The molecule has 2 rings (SSSR count). The first-order valence-corrected chi connectivity index (χ1v) is 5.26. The van der Waals surface area contributed by atoms with E-state index in [4.69, 9.17) is 20.8 Å². The molecule has 2 nitrogen and oxygen atoms in total. The quantitative estimate of drug-likeness (QED) is 0.738. The molecule has 0 fully saturated rings. The molecule has 0 bridgehead atoms. The second-order valence-electron chi connectivity index (χ2n) is 3.04. The second-order valence-corrected chi connectivity index (χ2v) is 3.42. The first-order chi connectivity index (χ1) is 7.40. The molecule has 1 heterocycles. The highest BCUT2D eigenvalue weighted by Crippen LogP contribution is 2.23. The van der Waals surface area contributed by atoms with Crippen LogP contribution < -0.4 is 4.74 Å². The first-order valence-electron chi connectivity index (χ1n) is 4.73. The van der Waals surface area contributed by atoms with Gasteiger partial charge in [-0.05, 0) is 24.3 Å². The van der Waals surface area contributed by atoms with Gasteiger partial charge in [0.05, 0.1) is 12.1 Å². The minimum Gasteiger partial charge on any atom is -0.492 e. The molecule has 0 radical (unpaired) electrons. The average Bonchev–Trinajstić information content (AvgIpc) is 2.80. The summed E-state index contributed by atoms with van der Waals surface area (Å²) in [6.45, 7) is 0.517. The summed E-state index contributed by atoms with van der Waals surface area (Å²) < 4.78 is 10.7. The van der Waals surface area contributed by atoms with E-state index in [1.54, 1.807) is 6.26 Å². The van der Waals surface area contributed by atoms with Gasteiger partial charge in [-0.2, -0.15) is 0 Å². The Balaban J connectivity index is 2.19. The molecule has 0 aliphatic carbocycles. The smallest absolute Gasteiger partial charge is 0.133 e. The van der Waals surface area contributed by atoms with Crippen molar-refractivity contribution in [2.75, 3.05) is 12.5 Å². The number of alkyl halides is 1. The van der Waals surface area contributed by atoms with Crippen LogP contribution in [0.25, 0.3) is 11.3 Å². The summed E-state index contributed by atoms with van der Waals surface area (Å²) in [6, 6.07) is 11.5. The van der Waals surface area contributed by atoms with Gasteiger partial charge in [-0.25, -0.2) is 0 Å². The van der Waals surface area contributed by atoms with Gasteiger partial charge >= 0.3 is 0 Å². The predicted molar refractivity (Wildman–Crippen MR) is 60.4 cm³/mol. The van der Waals surface area contributed by atoms with E-state index < -0.39 is 0 Å². The van der Waals surface area contributed by atoms with Crippen LogP contribution in [-0.4, -0.2) is 12.5 Å². The third-order valence-corrected chi connectivity index (χ3v) is 2.14. The first kappa shape index (κ1) is 10.1. The number of halogens is 1. The lowest BCUT2D eigenvalue weighted by Crippen LogP contribution is -1.97. The molecular formula is C12H11ClO2. The van der Waals surface area contributed by atoms with Crippen molar-refractivity contribution in [2.24, 2.45) is 0 Å². The van der Waals surface area contributed by atoms with E-state index in [-0.39, 0.29) is 0 Å². The van der Waals surface area contributed by atoms with Crippen molar-refractivity contribution < 1.29 is 9.15 Å². The van der Waals surface area contributed by atoms with Crippen molar-refractivity contribution >= 4 is 11.6 Å². The van der Waals surface area contributed by atoms with Crippen LogP contribution in [0, 0.1) is 0 Å². The molecule has 0 unspecified atom stereocenters. The van der Waals surface area contributed by atoms with Crippen molar-refractivity contribution in [3.63, 3.8) is 0 Å². The Bertz CT molecular complexity index is 409. The fraction of sp³-hybridized carbons (Fsp3) is 0.167. The molecule has 0 atom stereocenters. The van der Waals surface area contributed by atoms with Gasteiger partial charge in [0.15, 0.2) is 0 Å². The maximum absolute atomic E-state index is 5.55. The van der Waals surface area contributed by atoms with Crippen LogP contribution >= 0.6 is 11.6 Å². The van der Waals surface area contributed by atoms with E-state index in [9.17, 15) is 0 Å². The number of benzene rings is 1. The van der Waals surface area contributed by atoms with E-state index in [1.165, 1.54) is 0 Å². The van der Waals surface area contributed by atoms with Crippen LogP contribution in [0.15, 0.2) is 47.1 Å². The highest BCUT2D eigenvalue weighted by molar-refractivity contribution is 6.18. The molecule has 2 aromatic rings. The Kier molecular flexibility index (Phi) is 3.30. The van der Waals surface area contributed by atoms with Crippen LogP contribution in [0.1, 0.15) is 0 Å². The highest BCUT2D eigenvalue weighted by atomic mass is 35.5. The Labute approximate surface area is 93.4 Å². The van der Waals surface area contributed by atoms with Gasteiger partial charge in [0.25, 0.3) is 0 Å². The molecule has 1 aromatic heterocycles. The number of ether oxygens (including phenoxy) is 1. The Morgan fingerprint density at radius 2 is 2.13 bits per heavy atom. The summed E-state index contributed by atoms with van der Waals surface area (Å²) >= 11 is 5.55. The lowest BCUT2D eigenvalue weighted by molar-refractivity contribution is 0.343. The minimum absolute atomic E-state index is 0.491. The molecule has 0 aliphatic heterocycles. The summed E-state index contributed by atoms with van der Waals surface area (Å²) in [6.07, 6.45) is 1.65. The zero-order valence-corrected chi connectivity index (χ0v) is 8.91. The molecule has 0 saturated carbocycles. The molecule has 0 amide bonds. The third kappa shape index (κ3) is 2.54. The zero-order valence-electron chi connectivity index (χ0n) is 8.15. The molecule has 0 saturated heterocycles. The summed E-state index contributed by atoms with van der Waals surface area (Å²) in [5, 5.41) is 0. The predicted octanol–water partition coefficient (Wildman–Crippen LogP) is 3.56. The van der Waals surface area contributed by atoms with E-state index in [1.807, 2.05) is 36.4 Å². The molecule has 1 aromatic carbocycles. The van der Waals surface area contributed by atoms with Gasteiger partial charge in [-0.3, -0.25) is 0 Å². The normalized spacial score (nSPS) is 10.2. The number of rotatable bonds is 4. The van der Waals surface area contributed by atoms with Crippen molar-refractivity contribution in [1.82, 2.24) is 0 Å². The van der Waals surface area contributed by atoms with Crippen LogP contribution in [-0.2, 0) is 0 Å².